The molecule has 0 saturated heterocycles. The molecule has 3 heteroatoms. The van der Waals surface area contributed by atoms with Gasteiger partial charge in [0.05, 0.1) is 0 Å². The van der Waals surface area contributed by atoms with Crippen LogP contribution in [-0.4, -0.2) is 17.6 Å². The van der Waals surface area contributed by atoms with Gasteiger partial charge in [-0.3, -0.25) is 4.79 Å². The number of phenols is 1. The molecule has 1 aromatic carbocycles. The van der Waals surface area contributed by atoms with Gasteiger partial charge in [-0.1, -0.05) is 25.8 Å². The Kier molecular flexibility index (Phi) is 4.46. The number of hydrogen-bond acceptors (Lipinski definition) is 2. The van der Waals surface area contributed by atoms with Gasteiger partial charge in [-0.05, 0) is 49.3 Å². The molecule has 0 aliphatic heterocycles. The van der Waals surface area contributed by atoms with Crippen LogP contribution in [0.15, 0.2) is 18.2 Å². The minimum absolute atomic E-state index is 0.0893. The second kappa shape index (κ2) is 6.09. The van der Waals surface area contributed by atoms with Gasteiger partial charge in [0.2, 0.25) is 0 Å². The average molecular weight is 261 g/mol. The van der Waals surface area contributed by atoms with Crippen molar-refractivity contribution in [3.05, 3.63) is 29.3 Å². The van der Waals surface area contributed by atoms with Gasteiger partial charge in [-0.15, -0.1) is 0 Å². The molecule has 1 amide bonds. The Labute approximate surface area is 115 Å². The molecule has 19 heavy (non-hydrogen) atoms. The summed E-state index contributed by atoms with van der Waals surface area (Å²) in [6.45, 7) is 4.85. The summed E-state index contributed by atoms with van der Waals surface area (Å²) in [7, 11) is 0. The fourth-order valence-electron chi connectivity index (χ4n) is 2.83. The monoisotopic (exact) mass is 261 g/mol. The number of amides is 1. The van der Waals surface area contributed by atoms with Crippen LogP contribution < -0.4 is 5.32 Å². The summed E-state index contributed by atoms with van der Waals surface area (Å²) in [6.07, 6.45) is 5.01. The maximum Gasteiger partial charge on any atom is 0.251 e. The van der Waals surface area contributed by atoms with Gasteiger partial charge in [-0.2, -0.15) is 0 Å². The van der Waals surface area contributed by atoms with Crippen molar-refractivity contribution in [3.63, 3.8) is 0 Å². The van der Waals surface area contributed by atoms with Gasteiger partial charge in [0.15, 0.2) is 0 Å². The molecule has 2 rings (SSSR count). The zero-order valence-corrected chi connectivity index (χ0v) is 11.8. The van der Waals surface area contributed by atoms with Crippen LogP contribution in [0.25, 0.3) is 0 Å². The lowest BCUT2D eigenvalue weighted by Gasteiger charge is -2.26. The first-order valence-corrected chi connectivity index (χ1v) is 7.14. The van der Waals surface area contributed by atoms with E-state index in [0.717, 1.165) is 18.0 Å². The number of phenolic OH excluding ortho intramolecular Hbond substituents is 1. The standard InChI is InChI=1S/C16H23NO2/c1-11-4-3-5-13(8-11)10-17-16(19)14-7-6-12(2)15(18)9-14/h6-7,9,11,13,18H,3-5,8,10H2,1-2H3,(H,17,19). The van der Waals surface area contributed by atoms with E-state index in [1.807, 2.05) is 6.92 Å². The van der Waals surface area contributed by atoms with E-state index >= 15 is 0 Å². The van der Waals surface area contributed by atoms with Crippen molar-refractivity contribution in [1.29, 1.82) is 0 Å². The smallest absolute Gasteiger partial charge is 0.251 e. The van der Waals surface area contributed by atoms with Gasteiger partial charge >= 0.3 is 0 Å². The van der Waals surface area contributed by atoms with Crippen LogP contribution >= 0.6 is 0 Å². The van der Waals surface area contributed by atoms with E-state index in [1.54, 1.807) is 12.1 Å². The first-order valence-electron chi connectivity index (χ1n) is 7.14. The molecule has 2 unspecified atom stereocenters. The second-order valence-corrected chi connectivity index (χ2v) is 5.85. The van der Waals surface area contributed by atoms with Gasteiger partial charge in [0, 0.05) is 12.1 Å². The molecule has 1 aromatic rings. The highest BCUT2D eigenvalue weighted by molar-refractivity contribution is 5.94. The van der Waals surface area contributed by atoms with Crippen molar-refractivity contribution in [2.45, 2.75) is 39.5 Å². The molecule has 104 valence electrons. The van der Waals surface area contributed by atoms with Crippen molar-refractivity contribution >= 4 is 5.91 Å². The molecule has 1 fully saturated rings. The largest absolute Gasteiger partial charge is 0.508 e. The van der Waals surface area contributed by atoms with E-state index in [1.165, 1.54) is 31.7 Å². The predicted molar refractivity (Wildman–Crippen MR) is 76.3 cm³/mol. The van der Waals surface area contributed by atoms with Gasteiger partial charge < -0.3 is 10.4 Å². The maximum absolute atomic E-state index is 12.0. The fraction of sp³-hybridized carbons (Fsp3) is 0.562. The summed E-state index contributed by atoms with van der Waals surface area (Å²) < 4.78 is 0. The lowest BCUT2D eigenvalue weighted by molar-refractivity contribution is 0.0940. The summed E-state index contributed by atoms with van der Waals surface area (Å²) in [6, 6.07) is 5.06. The molecule has 0 radical (unpaired) electrons. The van der Waals surface area contributed by atoms with Crippen molar-refractivity contribution < 1.29 is 9.90 Å². The maximum atomic E-state index is 12.0. The predicted octanol–water partition coefficient (Wildman–Crippen LogP) is 3.26. The molecular weight excluding hydrogens is 238 g/mol. The van der Waals surface area contributed by atoms with E-state index in [9.17, 15) is 9.90 Å². The highest BCUT2D eigenvalue weighted by atomic mass is 16.3. The number of carbonyl (C=O) groups excluding carboxylic acids is 1. The highest BCUT2D eigenvalue weighted by Gasteiger charge is 2.19. The van der Waals surface area contributed by atoms with Crippen molar-refractivity contribution in [3.8, 4) is 5.75 Å². The average Bonchev–Trinajstić information content (AvgIpc) is 2.39. The van der Waals surface area contributed by atoms with Crippen LogP contribution in [0.3, 0.4) is 0 Å². The molecule has 0 bridgehead atoms. The van der Waals surface area contributed by atoms with Gasteiger partial charge in [0.25, 0.3) is 5.91 Å². The Balaban J connectivity index is 1.88. The van der Waals surface area contributed by atoms with Crippen LogP contribution in [0.2, 0.25) is 0 Å². The van der Waals surface area contributed by atoms with E-state index in [2.05, 4.69) is 12.2 Å². The first kappa shape index (κ1) is 13.9. The number of nitrogens with one attached hydrogen (secondary N) is 1. The Hall–Kier alpha value is -1.51. The Bertz CT molecular complexity index is 456. The molecular formula is C16H23NO2. The molecule has 1 saturated carbocycles. The lowest BCUT2D eigenvalue weighted by Crippen LogP contribution is -2.31. The minimum Gasteiger partial charge on any atom is -0.508 e. The third-order valence-electron chi connectivity index (χ3n) is 4.07. The third kappa shape index (κ3) is 3.72. The number of aryl methyl sites for hydroxylation is 1. The third-order valence-corrected chi connectivity index (χ3v) is 4.07. The molecule has 3 nitrogen and oxygen atoms in total. The van der Waals surface area contributed by atoms with Crippen LogP contribution in [0.1, 0.15) is 48.5 Å². The molecule has 0 aromatic heterocycles. The Morgan fingerprint density at radius 2 is 2.21 bits per heavy atom. The van der Waals surface area contributed by atoms with E-state index in [4.69, 9.17) is 0 Å². The molecule has 0 heterocycles. The summed E-state index contributed by atoms with van der Waals surface area (Å²) in [5.74, 6) is 1.47. The zero-order valence-electron chi connectivity index (χ0n) is 11.8. The number of hydrogen-bond donors (Lipinski definition) is 2. The number of rotatable bonds is 3. The molecule has 2 atom stereocenters. The van der Waals surface area contributed by atoms with Crippen molar-refractivity contribution in [2.75, 3.05) is 6.54 Å². The number of aromatic hydroxyl groups is 1. The summed E-state index contributed by atoms with van der Waals surface area (Å²) >= 11 is 0. The first-order chi connectivity index (χ1) is 9.06. The molecule has 2 N–H and O–H groups in total. The lowest BCUT2D eigenvalue weighted by atomic mass is 9.82. The highest BCUT2D eigenvalue weighted by Crippen LogP contribution is 2.28. The zero-order chi connectivity index (χ0) is 13.8. The van der Waals surface area contributed by atoms with Crippen molar-refractivity contribution in [2.24, 2.45) is 11.8 Å². The normalized spacial score (nSPS) is 23.1. The summed E-state index contributed by atoms with van der Waals surface area (Å²) in [5.41, 5.74) is 1.32. The van der Waals surface area contributed by atoms with Crippen LogP contribution in [-0.2, 0) is 0 Å². The van der Waals surface area contributed by atoms with E-state index < -0.39 is 0 Å². The number of benzene rings is 1. The quantitative estimate of drug-likeness (QED) is 0.877. The topological polar surface area (TPSA) is 49.3 Å². The van der Waals surface area contributed by atoms with Crippen LogP contribution in [0.5, 0.6) is 5.75 Å². The fourth-order valence-corrected chi connectivity index (χ4v) is 2.83. The Morgan fingerprint density at radius 3 is 2.89 bits per heavy atom. The molecule has 1 aliphatic carbocycles. The van der Waals surface area contributed by atoms with Gasteiger partial charge in [0.1, 0.15) is 5.75 Å². The Morgan fingerprint density at radius 1 is 1.42 bits per heavy atom. The molecule has 1 aliphatic rings. The van der Waals surface area contributed by atoms with Crippen LogP contribution in [0, 0.1) is 18.8 Å². The minimum atomic E-state index is -0.0893. The summed E-state index contributed by atoms with van der Waals surface area (Å²) in [4.78, 5) is 12.0. The summed E-state index contributed by atoms with van der Waals surface area (Å²) in [5, 5.41) is 12.6. The van der Waals surface area contributed by atoms with Crippen LogP contribution in [0.4, 0.5) is 0 Å². The second-order valence-electron chi connectivity index (χ2n) is 5.85. The SMILES string of the molecule is Cc1ccc(C(=O)NCC2CCCC(C)C2)cc1O. The van der Waals surface area contributed by atoms with E-state index in [-0.39, 0.29) is 11.7 Å². The number of carbonyl (C=O) groups is 1. The van der Waals surface area contributed by atoms with E-state index in [0.29, 0.717) is 11.5 Å². The molecule has 0 spiro atoms. The van der Waals surface area contributed by atoms with Crippen molar-refractivity contribution in [1.82, 2.24) is 5.32 Å². The van der Waals surface area contributed by atoms with Gasteiger partial charge in [-0.25, -0.2) is 0 Å².